The molecule has 0 atom stereocenters. The second-order valence-electron chi connectivity index (χ2n) is 4.68. The van der Waals surface area contributed by atoms with Gasteiger partial charge in [0.2, 0.25) is 10.0 Å². The Labute approximate surface area is 138 Å². The number of unbranched alkanes of at least 4 members (excludes halogenated alkanes) is 1. The molecule has 0 aliphatic rings. The first-order valence-corrected chi connectivity index (χ1v) is 9.30. The van der Waals surface area contributed by atoms with Crippen LogP contribution in [0.15, 0.2) is 40.9 Å². The molecule has 0 spiro atoms. The van der Waals surface area contributed by atoms with Crippen molar-refractivity contribution in [1.29, 1.82) is 0 Å². The van der Waals surface area contributed by atoms with Crippen LogP contribution in [0.25, 0.3) is 0 Å². The van der Waals surface area contributed by atoms with E-state index in [1.807, 2.05) is 31.2 Å². The standard InChI is InChI=1S/C14H17BrN4O2S/c1-2-3-10-22(20,21)19-14-9-8-13(17-18-14)16-12-7-5-4-6-11(12)15/h4-9H,2-3,10H2,1H3,(H,16,17)(H,18,19). The zero-order chi connectivity index (χ0) is 16.0. The third kappa shape index (κ3) is 4.96. The number of benzene rings is 1. The number of rotatable bonds is 7. The first kappa shape index (κ1) is 16.7. The largest absolute Gasteiger partial charge is 0.338 e. The topological polar surface area (TPSA) is 84.0 Å². The van der Waals surface area contributed by atoms with E-state index in [1.54, 1.807) is 12.1 Å². The van der Waals surface area contributed by atoms with E-state index in [4.69, 9.17) is 0 Å². The van der Waals surface area contributed by atoms with Crippen LogP contribution in [0.2, 0.25) is 0 Å². The fourth-order valence-corrected chi connectivity index (χ4v) is 3.28. The summed E-state index contributed by atoms with van der Waals surface area (Å²) in [5, 5.41) is 10.9. The first-order valence-electron chi connectivity index (χ1n) is 6.86. The van der Waals surface area contributed by atoms with Gasteiger partial charge < -0.3 is 5.32 Å². The molecule has 0 amide bonds. The first-order chi connectivity index (χ1) is 10.5. The van der Waals surface area contributed by atoms with Gasteiger partial charge in [-0.1, -0.05) is 25.5 Å². The van der Waals surface area contributed by atoms with Crippen LogP contribution in [0.1, 0.15) is 19.8 Å². The minimum absolute atomic E-state index is 0.0855. The van der Waals surface area contributed by atoms with E-state index >= 15 is 0 Å². The van der Waals surface area contributed by atoms with Crippen molar-refractivity contribution in [1.82, 2.24) is 10.2 Å². The normalized spacial score (nSPS) is 11.2. The lowest BCUT2D eigenvalue weighted by atomic mass is 10.3. The van der Waals surface area contributed by atoms with Crippen molar-refractivity contribution in [2.75, 3.05) is 15.8 Å². The molecular weight excluding hydrogens is 368 g/mol. The van der Waals surface area contributed by atoms with E-state index in [1.165, 1.54) is 0 Å². The monoisotopic (exact) mass is 384 g/mol. The van der Waals surface area contributed by atoms with Gasteiger partial charge in [-0.3, -0.25) is 4.72 Å². The van der Waals surface area contributed by atoms with Crippen molar-refractivity contribution in [3.8, 4) is 0 Å². The Hall–Kier alpha value is -1.67. The summed E-state index contributed by atoms with van der Waals surface area (Å²) in [7, 11) is -3.36. The molecule has 0 saturated heterocycles. The number of para-hydroxylation sites is 1. The third-order valence-electron chi connectivity index (χ3n) is 2.83. The van der Waals surface area contributed by atoms with Gasteiger partial charge >= 0.3 is 0 Å². The summed E-state index contributed by atoms with van der Waals surface area (Å²) in [6, 6.07) is 10.9. The van der Waals surface area contributed by atoms with E-state index in [2.05, 4.69) is 36.2 Å². The maximum Gasteiger partial charge on any atom is 0.233 e. The van der Waals surface area contributed by atoms with Crippen LogP contribution < -0.4 is 10.0 Å². The van der Waals surface area contributed by atoms with Gasteiger partial charge in [-0.05, 0) is 46.6 Å². The van der Waals surface area contributed by atoms with E-state index in [9.17, 15) is 8.42 Å². The van der Waals surface area contributed by atoms with E-state index in [0.29, 0.717) is 12.2 Å². The second kappa shape index (κ2) is 7.55. The highest BCUT2D eigenvalue weighted by Gasteiger charge is 2.10. The van der Waals surface area contributed by atoms with Gasteiger partial charge in [0.05, 0.1) is 11.4 Å². The molecule has 1 aromatic heterocycles. The van der Waals surface area contributed by atoms with Gasteiger partial charge in [0, 0.05) is 4.47 Å². The molecule has 0 aliphatic carbocycles. The molecule has 0 radical (unpaired) electrons. The molecule has 118 valence electrons. The quantitative estimate of drug-likeness (QED) is 0.762. The van der Waals surface area contributed by atoms with Crippen molar-refractivity contribution in [2.24, 2.45) is 0 Å². The smallest absolute Gasteiger partial charge is 0.233 e. The lowest BCUT2D eigenvalue weighted by molar-refractivity contribution is 0.597. The zero-order valence-corrected chi connectivity index (χ0v) is 14.5. The number of hydrogen-bond acceptors (Lipinski definition) is 5. The van der Waals surface area contributed by atoms with Crippen LogP contribution in [0.5, 0.6) is 0 Å². The fourth-order valence-electron chi connectivity index (χ4n) is 1.70. The van der Waals surface area contributed by atoms with Crippen molar-refractivity contribution < 1.29 is 8.42 Å². The Morgan fingerprint density at radius 3 is 2.41 bits per heavy atom. The van der Waals surface area contributed by atoms with Crippen molar-refractivity contribution in [3.63, 3.8) is 0 Å². The predicted molar refractivity (Wildman–Crippen MR) is 91.8 cm³/mol. The summed E-state index contributed by atoms with van der Waals surface area (Å²) < 4.78 is 26.9. The zero-order valence-electron chi connectivity index (χ0n) is 12.1. The molecule has 8 heteroatoms. The highest BCUT2D eigenvalue weighted by molar-refractivity contribution is 9.10. The Morgan fingerprint density at radius 2 is 1.77 bits per heavy atom. The number of nitrogens with one attached hydrogen (secondary N) is 2. The molecule has 0 saturated carbocycles. The molecule has 2 N–H and O–H groups in total. The van der Waals surface area contributed by atoms with Crippen LogP contribution >= 0.6 is 15.9 Å². The molecule has 0 unspecified atom stereocenters. The third-order valence-corrected chi connectivity index (χ3v) is 4.87. The van der Waals surface area contributed by atoms with Gasteiger partial charge in [0.1, 0.15) is 0 Å². The van der Waals surface area contributed by atoms with Gasteiger partial charge in [-0.15, -0.1) is 10.2 Å². The summed E-state index contributed by atoms with van der Waals surface area (Å²) in [5.41, 5.74) is 0.855. The minimum atomic E-state index is -3.36. The molecule has 1 aromatic carbocycles. The molecule has 0 fully saturated rings. The number of aromatic nitrogens is 2. The van der Waals surface area contributed by atoms with E-state index in [-0.39, 0.29) is 11.6 Å². The predicted octanol–water partition coefficient (Wildman–Crippen LogP) is 3.52. The number of halogens is 1. The van der Waals surface area contributed by atoms with Crippen LogP contribution in [-0.2, 0) is 10.0 Å². The van der Waals surface area contributed by atoms with Gasteiger partial charge in [-0.2, -0.15) is 0 Å². The van der Waals surface area contributed by atoms with Crippen molar-refractivity contribution in [3.05, 3.63) is 40.9 Å². The van der Waals surface area contributed by atoms with Gasteiger partial charge in [0.25, 0.3) is 0 Å². The maximum atomic E-state index is 11.8. The van der Waals surface area contributed by atoms with Crippen LogP contribution in [0, 0.1) is 0 Å². The molecule has 1 heterocycles. The molecule has 0 bridgehead atoms. The lowest BCUT2D eigenvalue weighted by Crippen LogP contribution is -2.17. The summed E-state index contributed by atoms with van der Waals surface area (Å²) in [6.07, 6.45) is 1.44. The minimum Gasteiger partial charge on any atom is -0.338 e. The van der Waals surface area contributed by atoms with E-state index < -0.39 is 10.0 Å². The highest BCUT2D eigenvalue weighted by atomic mass is 79.9. The number of anilines is 3. The fraction of sp³-hybridized carbons (Fsp3) is 0.286. The summed E-state index contributed by atoms with van der Waals surface area (Å²) in [5.74, 6) is 0.833. The number of hydrogen-bond donors (Lipinski definition) is 2. The van der Waals surface area contributed by atoms with Crippen LogP contribution in [0.3, 0.4) is 0 Å². The summed E-state index contributed by atoms with van der Waals surface area (Å²) in [4.78, 5) is 0. The average molecular weight is 385 g/mol. The van der Waals surface area contributed by atoms with Crippen LogP contribution in [-0.4, -0.2) is 24.4 Å². The van der Waals surface area contributed by atoms with E-state index in [0.717, 1.165) is 16.6 Å². The number of sulfonamides is 1. The van der Waals surface area contributed by atoms with Gasteiger partial charge in [-0.25, -0.2) is 8.42 Å². The molecule has 0 aliphatic heterocycles. The SMILES string of the molecule is CCCCS(=O)(=O)Nc1ccc(Nc2ccccc2Br)nn1. The van der Waals surface area contributed by atoms with Crippen molar-refractivity contribution >= 4 is 43.3 Å². The lowest BCUT2D eigenvalue weighted by Gasteiger charge is -2.08. The Morgan fingerprint density at radius 1 is 1.09 bits per heavy atom. The summed E-state index contributed by atoms with van der Waals surface area (Å²) in [6.45, 7) is 1.94. The van der Waals surface area contributed by atoms with Gasteiger partial charge in [0.15, 0.2) is 11.6 Å². The highest BCUT2D eigenvalue weighted by Crippen LogP contribution is 2.24. The second-order valence-corrected chi connectivity index (χ2v) is 7.38. The Bertz CT molecular complexity index is 720. The average Bonchev–Trinajstić information content (AvgIpc) is 2.49. The molecule has 2 rings (SSSR count). The molecular formula is C14H17BrN4O2S. The maximum absolute atomic E-state index is 11.8. The molecule has 2 aromatic rings. The van der Waals surface area contributed by atoms with Crippen molar-refractivity contribution in [2.45, 2.75) is 19.8 Å². The Kier molecular flexibility index (Phi) is 5.73. The molecule has 22 heavy (non-hydrogen) atoms. The summed E-state index contributed by atoms with van der Waals surface area (Å²) >= 11 is 3.43. The molecule has 6 nitrogen and oxygen atoms in total. The van der Waals surface area contributed by atoms with Crippen LogP contribution in [0.4, 0.5) is 17.3 Å². The number of nitrogens with zero attached hydrogens (tertiary/aromatic N) is 2. The Balaban J connectivity index is 2.03.